The van der Waals surface area contributed by atoms with Crippen molar-refractivity contribution in [3.05, 3.63) is 100 Å². The van der Waals surface area contributed by atoms with E-state index in [0.717, 1.165) is 15.6 Å². The van der Waals surface area contributed by atoms with Crippen molar-refractivity contribution in [1.82, 2.24) is 0 Å². The van der Waals surface area contributed by atoms with Gasteiger partial charge in [0.25, 0.3) is 0 Å². The maximum absolute atomic E-state index is 13.7. The van der Waals surface area contributed by atoms with Gasteiger partial charge in [-0.15, -0.1) is 0 Å². The molecule has 1 fully saturated rings. The van der Waals surface area contributed by atoms with Crippen LogP contribution in [0.3, 0.4) is 0 Å². The van der Waals surface area contributed by atoms with Crippen molar-refractivity contribution in [2.75, 3.05) is 4.90 Å². The number of hydrogen-bond donors (Lipinski definition) is 0. The summed E-state index contributed by atoms with van der Waals surface area (Å²) in [5, 5.41) is 0.0108. The first kappa shape index (κ1) is 27.7. The van der Waals surface area contributed by atoms with Gasteiger partial charge in [-0.3, -0.25) is 4.79 Å². The van der Waals surface area contributed by atoms with E-state index >= 15 is 0 Å². The minimum atomic E-state index is -2.13. The highest BCUT2D eigenvalue weighted by molar-refractivity contribution is 9.10. The zero-order chi connectivity index (χ0) is 27.0. The molecule has 1 amide bonds. The number of anilines is 1. The zero-order valence-corrected chi connectivity index (χ0v) is 24.6. The van der Waals surface area contributed by atoms with Gasteiger partial charge in [-0.25, -0.2) is 8.78 Å². The second kappa shape index (κ2) is 10.8. The standard InChI is InChI=1S/C30H34BrF2NO2Si/c1-30(2,3)37(4,5)36-27(20-8-12-23(32)13-9-20)19-18-26-28(21-6-10-22(31)11-7-21)34(29(26)35)25-16-14-24(33)15-17-25/h6-17,26-28H,18-19H2,1-5H3. The van der Waals surface area contributed by atoms with Crippen LogP contribution in [0.5, 0.6) is 0 Å². The Morgan fingerprint density at radius 2 is 1.46 bits per heavy atom. The van der Waals surface area contributed by atoms with Gasteiger partial charge in [0, 0.05) is 10.2 Å². The quantitative estimate of drug-likeness (QED) is 0.195. The Labute approximate surface area is 228 Å². The van der Waals surface area contributed by atoms with Crippen LogP contribution in [0.2, 0.25) is 18.1 Å². The molecule has 0 aromatic heterocycles. The molecule has 3 aromatic carbocycles. The molecule has 1 aliphatic rings. The molecule has 4 rings (SSSR count). The summed E-state index contributed by atoms with van der Waals surface area (Å²) >= 11 is 3.49. The van der Waals surface area contributed by atoms with Crippen LogP contribution in [0, 0.1) is 17.6 Å². The molecule has 0 saturated carbocycles. The Kier molecular flexibility index (Phi) is 8.07. The maximum atomic E-state index is 13.7. The molecule has 0 bridgehead atoms. The highest BCUT2D eigenvalue weighted by Gasteiger charge is 2.49. The predicted molar refractivity (Wildman–Crippen MR) is 151 cm³/mol. The summed E-state index contributed by atoms with van der Waals surface area (Å²) < 4.78 is 35.0. The summed E-state index contributed by atoms with van der Waals surface area (Å²) in [6.07, 6.45) is 1.02. The normalized spacial score (nSPS) is 19.0. The van der Waals surface area contributed by atoms with Gasteiger partial charge in [-0.05, 0) is 90.6 Å². The van der Waals surface area contributed by atoms with Crippen molar-refractivity contribution >= 4 is 35.8 Å². The van der Waals surface area contributed by atoms with E-state index < -0.39 is 8.32 Å². The van der Waals surface area contributed by atoms with Crippen molar-refractivity contribution in [2.45, 2.75) is 63.9 Å². The number of halogens is 3. The number of amides is 1. The summed E-state index contributed by atoms with van der Waals surface area (Å²) in [7, 11) is -2.13. The van der Waals surface area contributed by atoms with Crippen molar-refractivity contribution in [1.29, 1.82) is 0 Å². The van der Waals surface area contributed by atoms with Gasteiger partial charge in [0.05, 0.1) is 18.1 Å². The monoisotopic (exact) mass is 585 g/mol. The van der Waals surface area contributed by atoms with Crippen molar-refractivity contribution in [3.63, 3.8) is 0 Å². The predicted octanol–water partition coefficient (Wildman–Crippen LogP) is 8.97. The smallest absolute Gasteiger partial charge is 0.233 e. The molecule has 0 aliphatic carbocycles. The minimum absolute atomic E-state index is 0.0108. The molecule has 0 N–H and O–H groups in total. The fraction of sp³-hybridized carbons (Fsp3) is 0.367. The second-order valence-corrected chi connectivity index (χ2v) is 17.0. The average molecular weight is 587 g/mol. The van der Waals surface area contributed by atoms with Gasteiger partial charge in [0.15, 0.2) is 8.32 Å². The summed E-state index contributed by atoms with van der Waals surface area (Å²) in [6, 6.07) is 20.4. The van der Waals surface area contributed by atoms with Crippen LogP contribution in [0.1, 0.15) is 56.9 Å². The molecule has 1 saturated heterocycles. The highest BCUT2D eigenvalue weighted by Crippen LogP contribution is 2.48. The molecule has 0 spiro atoms. The summed E-state index contributed by atoms with van der Waals surface area (Å²) in [5.41, 5.74) is 2.64. The number of hydrogen-bond acceptors (Lipinski definition) is 2. The Morgan fingerprint density at radius 1 is 0.919 bits per heavy atom. The first-order valence-corrected chi connectivity index (χ1v) is 16.3. The molecule has 1 heterocycles. The van der Waals surface area contributed by atoms with Crippen LogP contribution < -0.4 is 4.90 Å². The Morgan fingerprint density at radius 3 is 2.00 bits per heavy atom. The Bertz CT molecular complexity index is 1220. The van der Waals surface area contributed by atoms with Crippen molar-refractivity contribution in [3.8, 4) is 0 Å². The average Bonchev–Trinajstić information content (AvgIpc) is 2.83. The molecule has 37 heavy (non-hydrogen) atoms. The van der Waals surface area contributed by atoms with Gasteiger partial charge in [-0.2, -0.15) is 0 Å². The Hall–Kier alpha value is -2.35. The molecular weight excluding hydrogens is 552 g/mol. The molecule has 3 aromatic rings. The van der Waals surface area contributed by atoms with Crippen LogP contribution in [-0.2, 0) is 9.22 Å². The lowest BCUT2D eigenvalue weighted by Crippen LogP contribution is -2.55. The lowest BCUT2D eigenvalue weighted by Gasteiger charge is -2.48. The second-order valence-electron chi connectivity index (χ2n) is 11.3. The number of β-lactam (4-membered cyclic amide) rings is 1. The van der Waals surface area contributed by atoms with Crippen LogP contribution in [-0.4, -0.2) is 14.2 Å². The highest BCUT2D eigenvalue weighted by atomic mass is 79.9. The van der Waals surface area contributed by atoms with Gasteiger partial charge >= 0.3 is 0 Å². The van der Waals surface area contributed by atoms with Crippen LogP contribution in [0.4, 0.5) is 14.5 Å². The van der Waals surface area contributed by atoms with Crippen LogP contribution in [0.15, 0.2) is 77.3 Å². The molecule has 7 heteroatoms. The van der Waals surface area contributed by atoms with Gasteiger partial charge in [0.1, 0.15) is 11.6 Å². The first-order chi connectivity index (χ1) is 17.4. The minimum Gasteiger partial charge on any atom is -0.410 e. The maximum Gasteiger partial charge on any atom is 0.233 e. The fourth-order valence-corrected chi connectivity index (χ4v) is 6.18. The zero-order valence-electron chi connectivity index (χ0n) is 22.0. The summed E-state index contributed by atoms with van der Waals surface area (Å²) in [6.45, 7) is 11.0. The number of carbonyl (C=O) groups excluding carboxylic acids is 1. The van der Waals surface area contributed by atoms with E-state index in [-0.39, 0.29) is 40.6 Å². The molecule has 196 valence electrons. The van der Waals surface area contributed by atoms with Crippen molar-refractivity contribution < 1.29 is 18.0 Å². The third kappa shape index (κ3) is 6.05. The van der Waals surface area contributed by atoms with Crippen LogP contribution >= 0.6 is 15.9 Å². The van der Waals surface area contributed by atoms with Gasteiger partial charge in [-0.1, -0.05) is 61.0 Å². The lowest BCUT2D eigenvalue weighted by atomic mass is 9.78. The molecule has 3 atom stereocenters. The molecular formula is C30H34BrF2NO2Si. The molecule has 3 nitrogen and oxygen atoms in total. The van der Waals surface area contributed by atoms with Gasteiger partial charge < -0.3 is 9.33 Å². The van der Waals surface area contributed by atoms with Gasteiger partial charge in [0.2, 0.25) is 5.91 Å². The van der Waals surface area contributed by atoms with Crippen LogP contribution in [0.25, 0.3) is 0 Å². The van der Waals surface area contributed by atoms with E-state index in [2.05, 4.69) is 49.8 Å². The Balaban J connectivity index is 1.61. The summed E-state index contributed by atoms with van der Waals surface area (Å²) in [4.78, 5) is 15.2. The topological polar surface area (TPSA) is 29.5 Å². The third-order valence-electron chi connectivity index (χ3n) is 7.75. The van der Waals surface area contributed by atoms with E-state index in [9.17, 15) is 13.6 Å². The van der Waals surface area contributed by atoms with E-state index in [1.165, 1.54) is 24.3 Å². The van der Waals surface area contributed by atoms with E-state index in [1.54, 1.807) is 29.2 Å². The lowest BCUT2D eigenvalue weighted by molar-refractivity contribution is -0.131. The SMILES string of the molecule is CC(C)(C)[Si](C)(C)OC(CCC1C(=O)N(c2ccc(F)cc2)C1c1ccc(Br)cc1)c1ccc(F)cc1. The van der Waals surface area contributed by atoms with E-state index in [1.807, 2.05) is 24.3 Å². The largest absolute Gasteiger partial charge is 0.410 e. The number of benzene rings is 3. The first-order valence-electron chi connectivity index (χ1n) is 12.6. The molecule has 0 radical (unpaired) electrons. The van der Waals surface area contributed by atoms with Crippen molar-refractivity contribution in [2.24, 2.45) is 5.92 Å². The number of carbonyl (C=O) groups is 1. The fourth-order valence-electron chi connectivity index (χ4n) is 4.60. The number of nitrogens with zero attached hydrogens (tertiary/aromatic N) is 1. The number of rotatable bonds is 8. The van der Waals surface area contributed by atoms with E-state index in [0.29, 0.717) is 18.5 Å². The van der Waals surface area contributed by atoms with E-state index in [4.69, 9.17) is 4.43 Å². The third-order valence-corrected chi connectivity index (χ3v) is 12.8. The summed E-state index contributed by atoms with van der Waals surface area (Å²) in [5.74, 6) is -0.838. The molecule has 3 unspecified atom stereocenters. The molecule has 1 aliphatic heterocycles.